The van der Waals surface area contributed by atoms with Crippen molar-refractivity contribution in [3.8, 4) is 11.1 Å². The minimum Gasteiger partial charge on any atom is -0.0617 e. The van der Waals surface area contributed by atoms with Crippen molar-refractivity contribution in [3.05, 3.63) is 119 Å². The lowest BCUT2D eigenvalue weighted by molar-refractivity contribution is 0.421. The first-order valence-corrected chi connectivity index (χ1v) is 20.4. The molecule has 9 aromatic carbocycles. The second kappa shape index (κ2) is 10.0. The summed E-state index contributed by atoms with van der Waals surface area (Å²) in [6.07, 6.45) is 11.3. The van der Waals surface area contributed by atoms with E-state index in [2.05, 4.69) is 111 Å². The molecule has 13 rings (SSSR count). The minimum atomic E-state index is 0.632. The third-order valence-corrected chi connectivity index (χ3v) is 15.6. The molecule has 0 nitrogen and oxygen atoms in total. The Labute approximate surface area is 305 Å². The standard InChI is InChI=1S/C52H44/c1-27-8-5-9-28(2)45(27)37-20-21-40-46-36(37)13-7-15-39(46)51-50(40)49(41-24-29-16-18-31(41)22-29)44-26-43-34-11-4-3-10-33(34)35-12-6-14-38(47(35)43)48(44)52(51)42-25-30-17-19-32(42)23-30/h3-15,20-21,26,29-32,41-42H,16-19,22-25H2,1-2H3. The molecule has 0 amide bonds. The van der Waals surface area contributed by atoms with Crippen LogP contribution in [-0.2, 0) is 0 Å². The van der Waals surface area contributed by atoms with E-state index in [4.69, 9.17) is 0 Å². The average Bonchev–Trinajstić information content (AvgIpc) is 4.04. The molecule has 0 spiro atoms. The van der Waals surface area contributed by atoms with E-state index in [0.717, 1.165) is 23.7 Å². The Bertz CT molecular complexity index is 2960. The van der Waals surface area contributed by atoms with E-state index in [1.165, 1.54) is 127 Å². The zero-order valence-corrected chi connectivity index (χ0v) is 30.4. The summed E-state index contributed by atoms with van der Waals surface area (Å²) in [4.78, 5) is 0. The van der Waals surface area contributed by atoms with Gasteiger partial charge in [0.1, 0.15) is 0 Å². The van der Waals surface area contributed by atoms with Gasteiger partial charge in [-0.3, -0.25) is 0 Å². The molecule has 6 atom stereocenters. The van der Waals surface area contributed by atoms with Crippen LogP contribution in [0.2, 0.25) is 0 Å². The molecule has 0 heterocycles. The van der Waals surface area contributed by atoms with Crippen molar-refractivity contribution < 1.29 is 0 Å². The molecule has 0 N–H and O–H groups in total. The van der Waals surface area contributed by atoms with E-state index < -0.39 is 0 Å². The van der Waals surface area contributed by atoms with E-state index in [0.29, 0.717) is 11.8 Å². The number of aryl methyl sites for hydroxylation is 2. The van der Waals surface area contributed by atoms with Crippen molar-refractivity contribution in [1.29, 1.82) is 0 Å². The van der Waals surface area contributed by atoms with Crippen LogP contribution in [0.5, 0.6) is 0 Å². The molecule has 52 heavy (non-hydrogen) atoms. The van der Waals surface area contributed by atoms with E-state index in [9.17, 15) is 0 Å². The number of fused-ring (bicyclic) bond motifs is 12. The number of rotatable bonds is 3. The SMILES string of the molecule is Cc1cccc(C)c1-c1ccc2c3c(C4CC5CCC4C5)c4cc5c6ccccc6c6cccc(c4c(C4CC7CCC4C7)c3c3cccc1c23)c65. The largest absolute Gasteiger partial charge is 0.0617 e. The highest BCUT2D eigenvalue weighted by atomic mass is 14.5. The molecule has 9 aromatic rings. The summed E-state index contributed by atoms with van der Waals surface area (Å²) in [7, 11) is 0. The lowest BCUT2D eigenvalue weighted by Crippen LogP contribution is -2.13. The Balaban J connectivity index is 1.29. The zero-order chi connectivity index (χ0) is 34.0. The van der Waals surface area contributed by atoms with Crippen LogP contribution in [0.15, 0.2) is 97.1 Å². The van der Waals surface area contributed by atoms with Crippen molar-refractivity contribution in [1.82, 2.24) is 0 Å². The maximum atomic E-state index is 2.73. The first-order chi connectivity index (χ1) is 25.6. The highest BCUT2D eigenvalue weighted by Gasteiger charge is 2.45. The average molecular weight is 669 g/mol. The Morgan fingerprint density at radius 2 is 0.923 bits per heavy atom. The lowest BCUT2D eigenvalue weighted by atomic mass is 9.73. The van der Waals surface area contributed by atoms with Crippen molar-refractivity contribution in [3.63, 3.8) is 0 Å². The normalized spacial score (nSPS) is 25.7. The van der Waals surface area contributed by atoms with Crippen molar-refractivity contribution >= 4 is 75.4 Å². The molecule has 0 aromatic heterocycles. The Kier molecular flexibility index (Phi) is 5.57. The third kappa shape index (κ3) is 3.51. The van der Waals surface area contributed by atoms with Crippen molar-refractivity contribution in [2.24, 2.45) is 23.7 Å². The fourth-order valence-corrected chi connectivity index (χ4v) is 13.7. The number of hydrogen-bond acceptors (Lipinski definition) is 0. The maximum Gasteiger partial charge on any atom is -0.00198 e. The van der Waals surface area contributed by atoms with Gasteiger partial charge in [-0.25, -0.2) is 0 Å². The molecular weight excluding hydrogens is 625 g/mol. The molecule has 4 bridgehead atoms. The van der Waals surface area contributed by atoms with E-state index in [1.54, 1.807) is 32.7 Å². The molecular formula is C52H44. The van der Waals surface area contributed by atoms with Crippen LogP contribution in [0.1, 0.15) is 85.5 Å². The topological polar surface area (TPSA) is 0 Å². The zero-order valence-electron chi connectivity index (χ0n) is 30.4. The summed E-state index contributed by atoms with van der Waals surface area (Å²) in [6.45, 7) is 4.60. The maximum absolute atomic E-state index is 2.73. The molecule has 0 radical (unpaired) electrons. The lowest BCUT2D eigenvalue weighted by Gasteiger charge is -2.30. The second-order valence-corrected chi connectivity index (χ2v) is 17.9. The van der Waals surface area contributed by atoms with Crippen molar-refractivity contribution in [2.45, 2.75) is 77.0 Å². The molecule has 0 saturated heterocycles. The van der Waals surface area contributed by atoms with Gasteiger partial charge in [-0.2, -0.15) is 0 Å². The molecule has 4 fully saturated rings. The molecule has 0 heteroatoms. The predicted octanol–water partition coefficient (Wildman–Crippen LogP) is 14.7. The highest BCUT2D eigenvalue weighted by molar-refractivity contribution is 6.40. The fourth-order valence-electron chi connectivity index (χ4n) is 13.7. The Morgan fingerprint density at radius 1 is 0.385 bits per heavy atom. The van der Waals surface area contributed by atoms with E-state index >= 15 is 0 Å². The fraction of sp³-hybridized carbons (Fsp3) is 0.308. The number of benzene rings is 7. The summed E-state index contributed by atoms with van der Waals surface area (Å²) in [5.41, 5.74) is 9.00. The molecule has 0 aliphatic heterocycles. The number of hydrogen-bond donors (Lipinski definition) is 0. The van der Waals surface area contributed by atoms with Gasteiger partial charge in [-0.1, -0.05) is 104 Å². The van der Waals surface area contributed by atoms with E-state index in [-0.39, 0.29) is 0 Å². The van der Waals surface area contributed by atoms with Gasteiger partial charge in [-0.15, -0.1) is 0 Å². The van der Waals surface area contributed by atoms with Gasteiger partial charge in [-0.05, 0) is 203 Å². The molecule has 252 valence electrons. The first kappa shape index (κ1) is 28.9. The third-order valence-electron chi connectivity index (χ3n) is 15.6. The summed E-state index contributed by atoms with van der Waals surface area (Å²) in [5, 5.41) is 21.3. The van der Waals surface area contributed by atoms with Crippen LogP contribution < -0.4 is 0 Å². The molecule has 4 aliphatic carbocycles. The van der Waals surface area contributed by atoms with Crippen LogP contribution in [0, 0.1) is 37.5 Å². The molecule has 6 unspecified atom stereocenters. The van der Waals surface area contributed by atoms with Gasteiger partial charge in [0.15, 0.2) is 0 Å². The monoisotopic (exact) mass is 668 g/mol. The van der Waals surface area contributed by atoms with Gasteiger partial charge < -0.3 is 0 Å². The predicted molar refractivity (Wildman–Crippen MR) is 223 cm³/mol. The van der Waals surface area contributed by atoms with Gasteiger partial charge in [0.25, 0.3) is 0 Å². The second-order valence-electron chi connectivity index (χ2n) is 17.9. The van der Waals surface area contributed by atoms with Crippen molar-refractivity contribution in [2.75, 3.05) is 0 Å². The van der Waals surface area contributed by atoms with Gasteiger partial charge >= 0.3 is 0 Å². The van der Waals surface area contributed by atoms with Gasteiger partial charge in [0, 0.05) is 0 Å². The Hall–Kier alpha value is -4.68. The molecule has 4 aliphatic rings. The highest BCUT2D eigenvalue weighted by Crippen LogP contribution is 2.62. The summed E-state index contributed by atoms with van der Waals surface area (Å²) >= 11 is 0. The smallest absolute Gasteiger partial charge is 0.00198 e. The quantitative estimate of drug-likeness (QED) is 0.164. The summed E-state index contributed by atoms with van der Waals surface area (Å²) in [5.74, 6) is 4.66. The van der Waals surface area contributed by atoms with Gasteiger partial charge in [0.2, 0.25) is 0 Å². The van der Waals surface area contributed by atoms with Gasteiger partial charge in [0.05, 0.1) is 0 Å². The van der Waals surface area contributed by atoms with Crippen LogP contribution in [0.25, 0.3) is 86.5 Å². The first-order valence-electron chi connectivity index (χ1n) is 20.4. The van der Waals surface area contributed by atoms with Crippen LogP contribution in [-0.4, -0.2) is 0 Å². The minimum absolute atomic E-state index is 0.632. The summed E-state index contributed by atoms with van der Waals surface area (Å²) in [6, 6.07) is 38.5. The molecule has 4 saturated carbocycles. The van der Waals surface area contributed by atoms with Crippen LogP contribution >= 0.6 is 0 Å². The Morgan fingerprint density at radius 3 is 1.60 bits per heavy atom. The van der Waals surface area contributed by atoms with Crippen LogP contribution in [0.3, 0.4) is 0 Å². The van der Waals surface area contributed by atoms with Crippen LogP contribution in [0.4, 0.5) is 0 Å². The van der Waals surface area contributed by atoms with E-state index in [1.807, 2.05) is 0 Å². The summed E-state index contributed by atoms with van der Waals surface area (Å²) < 4.78 is 0.